The van der Waals surface area contributed by atoms with Crippen LogP contribution in [0, 0.1) is 0 Å². The summed E-state index contributed by atoms with van der Waals surface area (Å²) in [5, 5.41) is 4.50. The lowest BCUT2D eigenvalue weighted by Crippen LogP contribution is -2.47. The maximum atomic E-state index is 13.1. The number of hydrogen-bond donors (Lipinski definition) is 2. The second-order valence-corrected chi connectivity index (χ2v) is 12.9. The average molecular weight is 675 g/mol. The summed E-state index contributed by atoms with van der Waals surface area (Å²) in [5.41, 5.74) is 5.14. The van der Waals surface area contributed by atoms with Crippen LogP contribution in [0.3, 0.4) is 0 Å². The van der Waals surface area contributed by atoms with E-state index in [9.17, 15) is 4.79 Å². The van der Waals surface area contributed by atoms with E-state index in [4.69, 9.17) is 14.5 Å². The summed E-state index contributed by atoms with van der Waals surface area (Å²) in [6.07, 6.45) is 4.53. The summed E-state index contributed by atoms with van der Waals surface area (Å²) < 4.78 is 15.3. The number of likely N-dealkylation sites (N-methyl/N-ethyl adjacent to an activating group) is 1. The highest BCUT2D eigenvalue weighted by atomic mass is 127. The number of ether oxygens (including phenoxy) is 2. The van der Waals surface area contributed by atoms with E-state index in [2.05, 4.69) is 43.4 Å². The molecule has 1 atom stereocenters. The third-order valence-corrected chi connectivity index (χ3v) is 9.49. The first-order valence-electron chi connectivity index (χ1n) is 14.1. The molecule has 1 unspecified atom stereocenters. The quantitative estimate of drug-likeness (QED) is 0.269. The molecule has 2 aromatic carbocycles. The fourth-order valence-electron chi connectivity index (χ4n) is 5.36. The molecular weight excluding hydrogens is 643 g/mol. The summed E-state index contributed by atoms with van der Waals surface area (Å²) in [7, 11) is 2.09. The van der Waals surface area contributed by atoms with E-state index in [1.54, 1.807) is 6.20 Å². The number of H-pyrrole nitrogens is 1. The molecule has 4 aromatic rings. The lowest BCUT2D eigenvalue weighted by atomic mass is 10.0. The largest absolute Gasteiger partial charge is 0.493 e. The molecule has 3 aliphatic rings. The van der Waals surface area contributed by atoms with Gasteiger partial charge >= 0.3 is 0 Å². The first-order chi connectivity index (χ1) is 20.6. The average Bonchev–Trinajstić information content (AvgIpc) is 3.45. The number of carbonyl (C=O) groups excluding carboxylic acids is 1. The number of aromatic amines is 1. The highest BCUT2D eigenvalue weighted by Gasteiger charge is 2.24. The number of hydrogen-bond acceptors (Lipinski definition) is 7. The summed E-state index contributed by atoms with van der Waals surface area (Å²) in [6, 6.07) is 19.9. The molecule has 0 saturated carbocycles. The van der Waals surface area contributed by atoms with Crippen molar-refractivity contribution in [3.63, 3.8) is 0 Å². The van der Waals surface area contributed by atoms with E-state index in [0.29, 0.717) is 12.3 Å². The first-order valence-corrected chi connectivity index (χ1v) is 16.4. The van der Waals surface area contributed by atoms with Crippen molar-refractivity contribution in [2.24, 2.45) is 4.99 Å². The molecule has 10 heteroatoms. The van der Waals surface area contributed by atoms with Crippen LogP contribution in [0.4, 0.5) is 5.69 Å². The summed E-state index contributed by atoms with van der Waals surface area (Å²) >= 11 is -0.419. The molecular formula is C32H31IN6O3. The number of benzene rings is 2. The lowest BCUT2D eigenvalue weighted by molar-refractivity contribution is 0.0659. The Bertz CT molecular complexity index is 1740. The predicted molar refractivity (Wildman–Crippen MR) is 174 cm³/mol. The van der Waals surface area contributed by atoms with Crippen molar-refractivity contribution in [3.8, 4) is 11.5 Å². The Kier molecular flexibility index (Phi) is 7.47. The fraction of sp³-hybridized carbons (Fsp3) is 0.250. The minimum Gasteiger partial charge on any atom is -0.493 e. The van der Waals surface area contributed by atoms with Gasteiger partial charge in [-0.1, -0.05) is 18.2 Å². The molecule has 2 aromatic heterocycles. The first kappa shape index (κ1) is 26.8. The van der Waals surface area contributed by atoms with Gasteiger partial charge in [0.1, 0.15) is 23.3 Å². The topological polar surface area (TPSA) is 95.1 Å². The number of nitrogens with one attached hydrogen (secondary N) is 2. The van der Waals surface area contributed by atoms with Crippen molar-refractivity contribution in [2.45, 2.75) is 12.5 Å². The molecule has 0 aliphatic carbocycles. The van der Waals surface area contributed by atoms with Crippen molar-refractivity contribution in [1.29, 1.82) is 0 Å². The second kappa shape index (κ2) is 11.7. The van der Waals surface area contributed by atoms with E-state index >= 15 is 0 Å². The molecule has 7 rings (SSSR count). The number of anilines is 1. The third kappa shape index (κ3) is 5.68. The number of halogens is 1. The van der Waals surface area contributed by atoms with E-state index in [1.165, 1.54) is 0 Å². The van der Waals surface area contributed by atoms with Crippen LogP contribution in [-0.2, 0) is 0 Å². The van der Waals surface area contributed by atoms with E-state index in [-0.39, 0.29) is 12.0 Å². The van der Waals surface area contributed by atoms with Crippen molar-refractivity contribution in [3.05, 3.63) is 94.0 Å². The summed E-state index contributed by atoms with van der Waals surface area (Å²) in [4.78, 5) is 30.0. The minimum atomic E-state index is -0.419. The summed E-state index contributed by atoms with van der Waals surface area (Å²) in [5.74, 6) is 1.69. The fourth-order valence-corrected chi connectivity index (χ4v) is 7.09. The molecule has 1 saturated heterocycles. The predicted octanol–water partition coefficient (Wildman–Crippen LogP) is 5.34. The number of fused-ring (bicyclic) bond motifs is 2. The molecule has 3 aliphatic heterocycles. The van der Waals surface area contributed by atoms with Gasteiger partial charge in [-0.2, -0.15) is 0 Å². The van der Waals surface area contributed by atoms with Gasteiger partial charge in [-0.15, -0.1) is 0 Å². The maximum Gasteiger partial charge on any atom is 0.270 e. The van der Waals surface area contributed by atoms with Crippen LogP contribution in [0.1, 0.15) is 34.3 Å². The zero-order chi connectivity index (χ0) is 28.5. The van der Waals surface area contributed by atoms with Crippen LogP contribution in [-0.4, -0.2) is 75.0 Å². The van der Waals surface area contributed by atoms with Crippen molar-refractivity contribution in [1.82, 2.24) is 19.8 Å². The Hall–Kier alpha value is -4.03. The van der Waals surface area contributed by atoms with Crippen LogP contribution >= 0.6 is 20.7 Å². The number of carbonyl (C=O) groups is 1. The lowest BCUT2D eigenvalue weighted by Gasteiger charge is -2.32. The van der Waals surface area contributed by atoms with Gasteiger partial charge in [0, 0.05) is 67.0 Å². The second-order valence-electron chi connectivity index (χ2n) is 10.6. The highest BCUT2D eigenvalue weighted by molar-refractivity contribution is 14.2. The zero-order valence-corrected chi connectivity index (χ0v) is 25.4. The van der Waals surface area contributed by atoms with Gasteiger partial charge in [0.05, 0.1) is 18.0 Å². The van der Waals surface area contributed by atoms with Crippen LogP contribution in [0.5, 0.6) is 11.5 Å². The summed E-state index contributed by atoms with van der Waals surface area (Å²) in [6.45, 7) is 3.93. The Balaban J connectivity index is 1.05. The van der Waals surface area contributed by atoms with Gasteiger partial charge in [-0.3, -0.25) is 9.78 Å². The molecule has 42 heavy (non-hydrogen) atoms. The Morgan fingerprint density at radius 1 is 1.10 bits per heavy atom. The van der Waals surface area contributed by atoms with Crippen LogP contribution < -0.4 is 14.8 Å². The van der Waals surface area contributed by atoms with Gasteiger partial charge < -0.3 is 29.6 Å². The third-order valence-electron chi connectivity index (χ3n) is 7.67. The SMILES string of the molecule is CN1CCN(C(=O)c2cc3cc(NC4=IC=CC(c5cc(OC6CCOc7ccccc76)ccn5)=N4)ccc3[nH]2)CC1. The minimum absolute atomic E-state index is 0.0560. The normalized spacial score (nSPS) is 18.8. The number of amides is 1. The van der Waals surface area contributed by atoms with E-state index < -0.39 is 20.7 Å². The molecule has 214 valence electrons. The zero-order valence-electron chi connectivity index (χ0n) is 23.2. The Morgan fingerprint density at radius 3 is 2.88 bits per heavy atom. The molecule has 0 radical (unpaired) electrons. The Morgan fingerprint density at radius 2 is 1.98 bits per heavy atom. The van der Waals surface area contributed by atoms with Crippen LogP contribution in [0.25, 0.3) is 10.9 Å². The van der Waals surface area contributed by atoms with Gasteiger partial charge in [0.25, 0.3) is 5.91 Å². The number of allylic oxidation sites excluding steroid dienone is 1. The standard InChI is InChI=1S/C32H31IN6O3/c1-38-13-15-39(16-14-38)31(40)28-19-21-18-22(6-7-25(21)36-28)35-32-33-11-8-26(37-32)27-20-23(9-12-34-27)42-30-10-17-41-29-5-3-2-4-24(29)30/h2-9,11-12,18-20,30,36H,10,13-17H2,1H3,(H,35,37). The van der Waals surface area contributed by atoms with E-state index in [1.807, 2.05) is 59.5 Å². The number of para-hydroxylation sites is 1. The molecule has 1 amide bonds. The van der Waals surface area contributed by atoms with Crippen LogP contribution in [0.2, 0.25) is 0 Å². The monoisotopic (exact) mass is 674 g/mol. The van der Waals surface area contributed by atoms with Gasteiger partial charge in [0.2, 0.25) is 0 Å². The van der Waals surface area contributed by atoms with Gasteiger partial charge in [-0.05, 0) is 74.3 Å². The number of pyridine rings is 1. The smallest absolute Gasteiger partial charge is 0.270 e. The molecule has 1 fully saturated rings. The number of nitrogens with zero attached hydrogens (tertiary/aromatic N) is 4. The Labute approximate surface area is 254 Å². The van der Waals surface area contributed by atoms with Gasteiger partial charge in [-0.25, -0.2) is 4.99 Å². The van der Waals surface area contributed by atoms with E-state index in [0.717, 1.165) is 81.4 Å². The molecule has 5 heterocycles. The highest BCUT2D eigenvalue weighted by Crippen LogP contribution is 2.35. The van der Waals surface area contributed by atoms with Crippen LogP contribution in [0.15, 0.2) is 82.0 Å². The molecule has 9 nitrogen and oxygen atoms in total. The number of aromatic nitrogens is 2. The maximum absolute atomic E-state index is 13.1. The van der Waals surface area contributed by atoms with Gasteiger partial charge in [0.15, 0.2) is 3.76 Å². The molecule has 2 N–H and O–H groups in total. The van der Waals surface area contributed by atoms with Crippen molar-refractivity contribution in [2.75, 3.05) is 45.2 Å². The number of rotatable bonds is 6. The molecule has 0 spiro atoms. The number of piperazine rings is 1. The number of aliphatic imine (C=N–C) groups is 1. The molecule has 0 bridgehead atoms. The van der Waals surface area contributed by atoms with Crippen molar-refractivity contribution >= 4 is 52.7 Å². The van der Waals surface area contributed by atoms with Crippen molar-refractivity contribution < 1.29 is 14.3 Å².